The van der Waals surface area contributed by atoms with Crippen molar-refractivity contribution >= 4 is 5.71 Å². The number of rotatable bonds is 3. The molecule has 0 radical (unpaired) electrons. The van der Waals surface area contributed by atoms with Crippen LogP contribution in [-0.4, -0.2) is 12.8 Å². The van der Waals surface area contributed by atoms with Gasteiger partial charge in [-0.15, -0.1) is 0 Å². The normalized spacial score (nSPS) is 18.4. The molecular formula is C17H24N2. The van der Waals surface area contributed by atoms with Crippen LogP contribution >= 0.6 is 0 Å². The first kappa shape index (κ1) is 15.4. The van der Waals surface area contributed by atoms with E-state index >= 15 is 0 Å². The summed E-state index contributed by atoms with van der Waals surface area (Å²) in [5.74, 6) is 0.370. The molecule has 0 saturated carbocycles. The first-order chi connectivity index (χ1) is 9.15. The fraction of sp³-hybridized carbons (Fsp3) is 0.353. The van der Waals surface area contributed by atoms with Gasteiger partial charge < -0.3 is 10.7 Å². The maximum Gasteiger partial charge on any atom is 0.0289 e. The maximum atomic E-state index is 7.30. The molecule has 2 N–H and O–H groups in total. The Balaban J connectivity index is 0.000000191. The second kappa shape index (κ2) is 8.44. The van der Waals surface area contributed by atoms with Crippen molar-refractivity contribution in [3.8, 4) is 0 Å². The zero-order valence-electron chi connectivity index (χ0n) is 12.1. The van der Waals surface area contributed by atoms with Crippen molar-refractivity contribution in [2.24, 2.45) is 5.92 Å². The highest BCUT2D eigenvalue weighted by Gasteiger charge is 2.05. The molecule has 19 heavy (non-hydrogen) atoms. The minimum atomic E-state index is 0.370. The number of hydrogen-bond acceptors (Lipinski definition) is 2. The van der Waals surface area contributed by atoms with Crippen molar-refractivity contribution in [3.63, 3.8) is 0 Å². The van der Waals surface area contributed by atoms with E-state index < -0.39 is 0 Å². The molecule has 1 aliphatic carbocycles. The van der Waals surface area contributed by atoms with Gasteiger partial charge in [0.15, 0.2) is 0 Å². The summed E-state index contributed by atoms with van der Waals surface area (Å²) in [5, 5.41) is 10.5. The Morgan fingerprint density at radius 1 is 1.26 bits per heavy atom. The lowest BCUT2D eigenvalue weighted by molar-refractivity contribution is 0.652. The van der Waals surface area contributed by atoms with Crippen LogP contribution in [0.15, 0.2) is 54.6 Å². The highest BCUT2D eigenvalue weighted by Crippen LogP contribution is 2.11. The molecule has 0 amide bonds. The average Bonchev–Trinajstić information content (AvgIpc) is 2.49. The van der Waals surface area contributed by atoms with E-state index in [1.165, 1.54) is 5.56 Å². The van der Waals surface area contributed by atoms with Gasteiger partial charge >= 0.3 is 0 Å². The third kappa shape index (κ3) is 5.66. The summed E-state index contributed by atoms with van der Waals surface area (Å²) in [6.45, 7) is 4.00. The molecule has 1 aromatic rings. The minimum Gasteiger partial charge on any atom is -0.313 e. The SMILES string of the molecule is CC(=N)C1C=CC=CC1.CNC(C)c1ccccc1. The van der Waals surface area contributed by atoms with Crippen LogP contribution in [0.4, 0.5) is 0 Å². The fourth-order valence-corrected chi connectivity index (χ4v) is 1.81. The lowest BCUT2D eigenvalue weighted by Gasteiger charge is -2.09. The van der Waals surface area contributed by atoms with Crippen LogP contribution in [0.3, 0.4) is 0 Å². The van der Waals surface area contributed by atoms with E-state index in [1.807, 2.05) is 32.2 Å². The summed E-state index contributed by atoms with van der Waals surface area (Å²) in [6.07, 6.45) is 9.21. The Kier molecular flexibility index (Phi) is 6.83. The van der Waals surface area contributed by atoms with Crippen molar-refractivity contribution in [1.29, 1.82) is 5.41 Å². The van der Waals surface area contributed by atoms with E-state index in [4.69, 9.17) is 5.41 Å². The predicted molar refractivity (Wildman–Crippen MR) is 83.7 cm³/mol. The van der Waals surface area contributed by atoms with Crippen LogP contribution < -0.4 is 5.32 Å². The van der Waals surface area contributed by atoms with E-state index in [9.17, 15) is 0 Å². The smallest absolute Gasteiger partial charge is 0.0289 e. The highest BCUT2D eigenvalue weighted by atomic mass is 14.8. The van der Waals surface area contributed by atoms with E-state index in [1.54, 1.807) is 0 Å². The third-order valence-electron chi connectivity index (χ3n) is 3.27. The zero-order chi connectivity index (χ0) is 14.1. The molecule has 0 fully saturated rings. The zero-order valence-corrected chi connectivity index (χ0v) is 12.1. The first-order valence-electron chi connectivity index (χ1n) is 6.75. The van der Waals surface area contributed by atoms with Crippen LogP contribution in [0.1, 0.15) is 31.9 Å². The van der Waals surface area contributed by atoms with Gasteiger partial charge in [-0.25, -0.2) is 0 Å². The molecule has 0 aromatic heterocycles. The van der Waals surface area contributed by atoms with Gasteiger partial charge in [0.2, 0.25) is 0 Å². The summed E-state index contributed by atoms with van der Waals surface area (Å²) < 4.78 is 0. The first-order valence-corrected chi connectivity index (χ1v) is 6.75. The molecule has 2 atom stereocenters. The Bertz CT molecular complexity index is 432. The fourth-order valence-electron chi connectivity index (χ4n) is 1.81. The van der Waals surface area contributed by atoms with Crippen molar-refractivity contribution in [3.05, 3.63) is 60.2 Å². The Labute approximate surface area is 116 Å². The lowest BCUT2D eigenvalue weighted by atomic mass is 9.97. The molecule has 0 heterocycles. The maximum absolute atomic E-state index is 7.30. The Morgan fingerprint density at radius 3 is 2.37 bits per heavy atom. The standard InChI is InChI=1S/C9H13N.C8H11N/c1-8(10-2)9-6-4-3-5-7-9;1-7(9)8-5-3-2-4-6-8/h3-8,10H,1-2H3;2-5,8-9H,6H2,1H3. The summed E-state index contributed by atoms with van der Waals surface area (Å²) in [6, 6.07) is 10.9. The van der Waals surface area contributed by atoms with E-state index in [0.717, 1.165) is 12.1 Å². The van der Waals surface area contributed by atoms with Gasteiger partial charge in [-0.05, 0) is 32.9 Å². The molecule has 1 aromatic carbocycles. The summed E-state index contributed by atoms with van der Waals surface area (Å²) in [4.78, 5) is 0. The average molecular weight is 256 g/mol. The summed E-state index contributed by atoms with van der Waals surface area (Å²) >= 11 is 0. The largest absolute Gasteiger partial charge is 0.313 e. The second-order valence-corrected chi connectivity index (χ2v) is 4.76. The Morgan fingerprint density at radius 2 is 1.95 bits per heavy atom. The molecule has 102 valence electrons. The van der Waals surface area contributed by atoms with Crippen LogP contribution in [0, 0.1) is 11.3 Å². The molecule has 1 aliphatic rings. The van der Waals surface area contributed by atoms with Crippen molar-refractivity contribution in [2.75, 3.05) is 7.05 Å². The van der Waals surface area contributed by atoms with Gasteiger partial charge in [-0.2, -0.15) is 0 Å². The minimum absolute atomic E-state index is 0.370. The van der Waals surface area contributed by atoms with Crippen molar-refractivity contribution < 1.29 is 0 Å². The molecular weight excluding hydrogens is 232 g/mol. The predicted octanol–water partition coefficient (Wildman–Crippen LogP) is 4.13. The molecule has 2 rings (SSSR count). The molecule has 0 spiro atoms. The number of allylic oxidation sites excluding steroid dienone is 4. The van der Waals surface area contributed by atoms with Gasteiger partial charge in [0.1, 0.15) is 0 Å². The van der Waals surface area contributed by atoms with Gasteiger partial charge in [0.05, 0.1) is 0 Å². The van der Waals surface area contributed by atoms with Crippen molar-refractivity contribution in [2.45, 2.75) is 26.3 Å². The van der Waals surface area contributed by atoms with Gasteiger partial charge in [-0.3, -0.25) is 0 Å². The Hall–Kier alpha value is -1.67. The molecule has 2 heteroatoms. The topological polar surface area (TPSA) is 35.9 Å². The third-order valence-corrected chi connectivity index (χ3v) is 3.27. The quantitative estimate of drug-likeness (QED) is 0.784. The monoisotopic (exact) mass is 256 g/mol. The molecule has 0 bridgehead atoms. The molecule has 2 nitrogen and oxygen atoms in total. The number of hydrogen-bond donors (Lipinski definition) is 2. The van der Waals surface area contributed by atoms with Gasteiger partial charge in [-0.1, -0.05) is 54.6 Å². The number of nitrogens with one attached hydrogen (secondary N) is 2. The van der Waals surface area contributed by atoms with Crippen LogP contribution in [0.2, 0.25) is 0 Å². The van der Waals surface area contributed by atoms with E-state index in [-0.39, 0.29) is 0 Å². The lowest BCUT2D eigenvalue weighted by Crippen LogP contribution is -2.11. The number of benzene rings is 1. The van der Waals surface area contributed by atoms with Crippen LogP contribution in [0.25, 0.3) is 0 Å². The molecule has 0 aliphatic heterocycles. The van der Waals surface area contributed by atoms with E-state index in [2.05, 4.69) is 48.7 Å². The van der Waals surface area contributed by atoms with Crippen LogP contribution in [0.5, 0.6) is 0 Å². The van der Waals surface area contributed by atoms with Gasteiger partial charge in [0.25, 0.3) is 0 Å². The molecule has 2 unspecified atom stereocenters. The molecule has 0 saturated heterocycles. The van der Waals surface area contributed by atoms with Crippen LogP contribution in [-0.2, 0) is 0 Å². The summed E-state index contributed by atoms with van der Waals surface area (Å²) in [7, 11) is 1.97. The second-order valence-electron chi connectivity index (χ2n) is 4.76. The highest BCUT2D eigenvalue weighted by molar-refractivity contribution is 5.83. The van der Waals surface area contributed by atoms with Crippen molar-refractivity contribution in [1.82, 2.24) is 5.32 Å². The van der Waals surface area contributed by atoms with E-state index in [0.29, 0.717) is 12.0 Å². The van der Waals surface area contributed by atoms with Gasteiger partial charge in [0, 0.05) is 17.7 Å². The summed E-state index contributed by atoms with van der Waals surface area (Å²) in [5.41, 5.74) is 2.10.